The van der Waals surface area contributed by atoms with Crippen LogP contribution in [0.15, 0.2) is 0 Å². The molecule has 2 atom stereocenters. The Morgan fingerprint density at radius 3 is 2.37 bits per heavy atom. The molecular weight excluding hydrogens is 372 g/mol. The zero-order chi connectivity index (χ0) is 20.7. The molecule has 1 aromatic heterocycles. The Morgan fingerprint density at radius 2 is 1.63 bits per heavy atom. The predicted octanol–water partition coefficient (Wildman–Crippen LogP) is 5.94. The van der Waals surface area contributed by atoms with Gasteiger partial charge in [-0.05, 0) is 44.4 Å². The molecule has 5 nitrogen and oxygen atoms in total. The summed E-state index contributed by atoms with van der Waals surface area (Å²) in [5, 5.41) is 5.27. The minimum atomic E-state index is 0.104. The standard InChI is InChI=1S/C25H40N4O/c1-18(2)17-22(30)28-21-14-8-7-13-20(21)25(15-9-4-10-16-25)29-24(28)26-23(27-29)19-11-5-3-6-12-19/h18-21H,3-17H2,1-2H3/t20-,21+/m1/s1. The van der Waals surface area contributed by atoms with Crippen molar-refractivity contribution in [1.82, 2.24) is 14.8 Å². The fourth-order valence-electron chi connectivity index (χ4n) is 7.15. The second kappa shape index (κ2) is 8.27. The van der Waals surface area contributed by atoms with Crippen LogP contribution in [0.4, 0.5) is 5.95 Å². The maximum Gasteiger partial charge on any atom is 0.231 e. The zero-order valence-corrected chi connectivity index (χ0v) is 19.1. The molecule has 0 bridgehead atoms. The Bertz CT molecular complexity index is 757. The van der Waals surface area contributed by atoms with Crippen LogP contribution in [0.25, 0.3) is 0 Å². The van der Waals surface area contributed by atoms with Gasteiger partial charge in [0.1, 0.15) is 0 Å². The SMILES string of the molecule is CC(C)CC(=O)N1c2nc(C3CCCCC3)nn2C2(CCCCC2)[C@@H]2CCCC[C@@H]21. The molecule has 4 aliphatic rings. The van der Waals surface area contributed by atoms with Crippen LogP contribution in [0.3, 0.4) is 0 Å². The third kappa shape index (κ3) is 3.40. The highest BCUT2D eigenvalue weighted by atomic mass is 16.2. The van der Waals surface area contributed by atoms with Gasteiger partial charge >= 0.3 is 0 Å². The fraction of sp³-hybridized carbons (Fsp3) is 0.880. The van der Waals surface area contributed by atoms with Gasteiger partial charge in [-0.1, -0.05) is 65.2 Å². The van der Waals surface area contributed by atoms with Crippen LogP contribution in [0.1, 0.15) is 122 Å². The number of carbonyl (C=O) groups excluding carboxylic acids is 1. The maximum atomic E-state index is 13.5. The van der Waals surface area contributed by atoms with Gasteiger partial charge in [0, 0.05) is 24.3 Å². The van der Waals surface area contributed by atoms with E-state index in [2.05, 4.69) is 23.4 Å². The van der Waals surface area contributed by atoms with E-state index in [0.29, 0.717) is 30.2 Å². The van der Waals surface area contributed by atoms with Crippen LogP contribution in [-0.4, -0.2) is 26.7 Å². The molecule has 1 aliphatic heterocycles. The van der Waals surface area contributed by atoms with Crippen molar-refractivity contribution in [2.75, 3.05) is 4.90 Å². The average molecular weight is 413 g/mol. The molecule has 0 N–H and O–H groups in total. The largest absolute Gasteiger partial charge is 0.277 e. The normalized spacial score (nSPS) is 29.1. The molecule has 166 valence electrons. The highest BCUT2D eigenvalue weighted by molar-refractivity contribution is 5.93. The number of anilines is 1. The van der Waals surface area contributed by atoms with E-state index >= 15 is 0 Å². The number of fused-ring (bicyclic) bond motifs is 4. The molecule has 3 saturated carbocycles. The molecule has 5 heteroatoms. The highest BCUT2D eigenvalue weighted by Crippen LogP contribution is 2.53. The van der Waals surface area contributed by atoms with Gasteiger partial charge in [-0.15, -0.1) is 0 Å². The molecule has 1 aromatic rings. The predicted molar refractivity (Wildman–Crippen MR) is 120 cm³/mol. The third-order valence-corrected chi connectivity index (χ3v) is 8.54. The number of hydrogen-bond donors (Lipinski definition) is 0. The van der Waals surface area contributed by atoms with Gasteiger partial charge in [0.2, 0.25) is 11.9 Å². The first kappa shape index (κ1) is 20.5. The van der Waals surface area contributed by atoms with E-state index in [1.165, 1.54) is 83.5 Å². The summed E-state index contributed by atoms with van der Waals surface area (Å²) in [5.74, 6) is 3.63. The second-order valence-electron chi connectivity index (χ2n) is 11.0. The van der Waals surface area contributed by atoms with E-state index in [4.69, 9.17) is 10.1 Å². The lowest BCUT2D eigenvalue weighted by Crippen LogP contribution is -2.61. The summed E-state index contributed by atoms with van der Waals surface area (Å²) in [6, 6.07) is 0.332. The Labute approximate surface area is 182 Å². The van der Waals surface area contributed by atoms with E-state index in [-0.39, 0.29) is 11.4 Å². The Balaban J connectivity index is 1.61. The van der Waals surface area contributed by atoms with Gasteiger partial charge in [0.05, 0.1) is 5.54 Å². The Kier molecular flexibility index (Phi) is 5.66. The van der Waals surface area contributed by atoms with Crippen LogP contribution >= 0.6 is 0 Å². The second-order valence-corrected chi connectivity index (χ2v) is 11.0. The van der Waals surface area contributed by atoms with Crippen molar-refractivity contribution in [2.45, 2.75) is 128 Å². The van der Waals surface area contributed by atoms with Crippen LogP contribution in [-0.2, 0) is 10.3 Å². The maximum absolute atomic E-state index is 13.5. The van der Waals surface area contributed by atoms with Crippen LogP contribution in [0.2, 0.25) is 0 Å². The summed E-state index contributed by atoms with van der Waals surface area (Å²) in [7, 11) is 0. The molecule has 0 unspecified atom stereocenters. The van der Waals surface area contributed by atoms with Gasteiger partial charge < -0.3 is 0 Å². The minimum Gasteiger partial charge on any atom is -0.277 e. The van der Waals surface area contributed by atoms with Crippen molar-refractivity contribution in [1.29, 1.82) is 0 Å². The quantitative estimate of drug-likeness (QED) is 0.617. The number of carbonyl (C=O) groups is 1. The van der Waals surface area contributed by atoms with Gasteiger partial charge in [-0.3, -0.25) is 9.69 Å². The fourth-order valence-corrected chi connectivity index (χ4v) is 7.15. The number of hydrogen-bond acceptors (Lipinski definition) is 3. The summed E-state index contributed by atoms with van der Waals surface area (Å²) in [4.78, 5) is 20.9. The van der Waals surface area contributed by atoms with E-state index in [1.807, 2.05) is 0 Å². The first-order valence-electron chi connectivity index (χ1n) is 12.9. The van der Waals surface area contributed by atoms with Crippen LogP contribution in [0.5, 0.6) is 0 Å². The molecule has 5 rings (SSSR count). The summed E-state index contributed by atoms with van der Waals surface area (Å²) >= 11 is 0. The zero-order valence-electron chi connectivity index (χ0n) is 19.1. The minimum absolute atomic E-state index is 0.104. The van der Waals surface area contributed by atoms with E-state index in [1.54, 1.807) is 0 Å². The molecule has 30 heavy (non-hydrogen) atoms. The first-order chi connectivity index (χ1) is 14.6. The third-order valence-electron chi connectivity index (χ3n) is 8.54. The Hall–Kier alpha value is -1.39. The van der Waals surface area contributed by atoms with Crippen molar-refractivity contribution in [2.24, 2.45) is 11.8 Å². The smallest absolute Gasteiger partial charge is 0.231 e. The summed E-state index contributed by atoms with van der Waals surface area (Å²) in [5.41, 5.74) is 0.104. The number of aromatic nitrogens is 3. The summed E-state index contributed by atoms with van der Waals surface area (Å²) in [6.45, 7) is 4.31. The Morgan fingerprint density at radius 1 is 0.967 bits per heavy atom. The first-order valence-corrected chi connectivity index (χ1v) is 12.9. The number of nitrogens with zero attached hydrogens (tertiary/aromatic N) is 4. The molecular formula is C25H40N4O. The van der Waals surface area contributed by atoms with Crippen molar-refractivity contribution >= 4 is 11.9 Å². The van der Waals surface area contributed by atoms with Crippen molar-refractivity contribution < 1.29 is 4.79 Å². The lowest BCUT2D eigenvalue weighted by molar-refractivity contribution is -0.121. The molecule has 0 saturated heterocycles. The molecule has 1 spiro atoms. The molecule has 2 heterocycles. The molecule has 3 aliphatic carbocycles. The monoisotopic (exact) mass is 412 g/mol. The summed E-state index contributed by atoms with van der Waals surface area (Å²) < 4.78 is 2.32. The van der Waals surface area contributed by atoms with Gasteiger partial charge in [0.25, 0.3) is 0 Å². The molecule has 0 aromatic carbocycles. The van der Waals surface area contributed by atoms with Gasteiger partial charge in [-0.2, -0.15) is 10.1 Å². The number of amides is 1. The van der Waals surface area contributed by atoms with E-state index in [0.717, 1.165) is 18.2 Å². The van der Waals surface area contributed by atoms with Gasteiger partial charge in [0.15, 0.2) is 5.82 Å². The van der Waals surface area contributed by atoms with Crippen LogP contribution < -0.4 is 4.90 Å². The lowest BCUT2D eigenvalue weighted by atomic mass is 9.64. The van der Waals surface area contributed by atoms with E-state index in [9.17, 15) is 4.79 Å². The molecule has 1 amide bonds. The summed E-state index contributed by atoms with van der Waals surface area (Å²) in [6.07, 6.45) is 18.3. The molecule has 3 fully saturated rings. The van der Waals surface area contributed by atoms with E-state index < -0.39 is 0 Å². The van der Waals surface area contributed by atoms with Gasteiger partial charge in [-0.25, -0.2) is 4.68 Å². The highest BCUT2D eigenvalue weighted by Gasteiger charge is 2.55. The van der Waals surface area contributed by atoms with Crippen molar-refractivity contribution in [3.8, 4) is 0 Å². The lowest BCUT2D eigenvalue weighted by Gasteiger charge is -2.55. The van der Waals surface area contributed by atoms with Crippen molar-refractivity contribution in [3.63, 3.8) is 0 Å². The topological polar surface area (TPSA) is 51.0 Å². The average Bonchev–Trinajstić information content (AvgIpc) is 3.21. The number of rotatable bonds is 3. The van der Waals surface area contributed by atoms with Crippen molar-refractivity contribution in [3.05, 3.63) is 5.82 Å². The van der Waals surface area contributed by atoms with Crippen LogP contribution in [0, 0.1) is 11.8 Å². The molecule has 0 radical (unpaired) electrons.